The third kappa shape index (κ3) is 6.05. The van der Waals surface area contributed by atoms with Crippen molar-refractivity contribution in [2.75, 3.05) is 0 Å². The van der Waals surface area contributed by atoms with Crippen LogP contribution in [0.4, 0.5) is 0 Å². The number of para-hydroxylation sites is 4. The standard InChI is InChI=1S/C58H46N4O/c1-3-13-42(14-4-1)48-20-12-21-49(43-15-5-2-6-16-43)57(48)61-38-60(53-23-9-10-24-54(53)61)45-17-11-18-46(33-45)63-47-25-26-51-50-19-7-8-22-52(50)62(55(51)34-47)56-32-44(27-28-59-56)58-35-39-29-40(36-58)31-41(30-39)37-58/h1-28,32-34,39-41H,29-31,35-37H2/i1D,2D,3D,4D,5D,6D,13D,14D,15D,16D. The molecule has 5 nitrogen and oxygen atoms in total. The van der Waals surface area contributed by atoms with Crippen molar-refractivity contribution in [2.24, 2.45) is 17.8 Å². The molecule has 10 aromatic rings. The Labute approximate surface area is 381 Å². The fourth-order valence-corrected chi connectivity index (χ4v) is 11.8. The number of hydrogen-bond donors (Lipinski definition) is 0. The highest BCUT2D eigenvalue weighted by molar-refractivity contribution is 6.09. The second-order valence-corrected chi connectivity index (χ2v) is 17.7. The van der Waals surface area contributed by atoms with Gasteiger partial charge in [0.25, 0.3) is 6.33 Å². The van der Waals surface area contributed by atoms with Crippen molar-refractivity contribution in [1.82, 2.24) is 14.1 Å². The molecule has 0 unspecified atom stereocenters. The van der Waals surface area contributed by atoms with Crippen LogP contribution in [-0.2, 0) is 5.41 Å². The van der Waals surface area contributed by atoms with Crippen LogP contribution in [-0.4, -0.2) is 14.1 Å². The Kier molecular flexibility index (Phi) is 6.33. The van der Waals surface area contributed by atoms with E-state index in [1.54, 1.807) is 22.8 Å². The predicted octanol–water partition coefficient (Wildman–Crippen LogP) is 13.8. The zero-order valence-electron chi connectivity index (χ0n) is 44.3. The van der Waals surface area contributed by atoms with Gasteiger partial charge in [0.2, 0.25) is 0 Å². The lowest BCUT2D eigenvalue weighted by molar-refractivity contribution is -0.571. The van der Waals surface area contributed by atoms with Gasteiger partial charge in [0.05, 0.1) is 47.1 Å². The Morgan fingerprint density at radius 1 is 0.603 bits per heavy atom. The summed E-state index contributed by atoms with van der Waals surface area (Å²) in [4.78, 5) is 5.03. The normalized spacial score (nSPS) is 22.4. The molecule has 0 spiro atoms. The van der Waals surface area contributed by atoms with Crippen LogP contribution in [0.1, 0.15) is 57.8 Å². The van der Waals surface area contributed by atoms with Gasteiger partial charge in [0.15, 0.2) is 0 Å². The average molecular weight is 825 g/mol. The predicted molar refractivity (Wildman–Crippen MR) is 253 cm³/mol. The summed E-state index contributed by atoms with van der Waals surface area (Å²) in [6.07, 6.45) is 13.4. The minimum atomic E-state index is -0.559. The highest BCUT2D eigenvalue weighted by Gasteiger charge is 2.51. The van der Waals surface area contributed by atoms with Gasteiger partial charge in [0.1, 0.15) is 17.3 Å². The Hall–Kier alpha value is -7.24. The number of imidazole rings is 1. The minimum Gasteiger partial charge on any atom is -0.458 e. The zero-order chi connectivity index (χ0) is 50.2. The summed E-state index contributed by atoms with van der Waals surface area (Å²) in [7, 11) is 0. The van der Waals surface area contributed by atoms with Crippen LogP contribution in [0, 0.1) is 24.1 Å². The van der Waals surface area contributed by atoms with E-state index in [9.17, 15) is 0 Å². The maximum atomic E-state index is 9.04. The number of fused-ring (bicyclic) bond motifs is 4. The molecule has 3 heterocycles. The van der Waals surface area contributed by atoms with Crippen LogP contribution in [0.5, 0.6) is 11.5 Å². The van der Waals surface area contributed by atoms with Crippen molar-refractivity contribution in [3.8, 4) is 50.9 Å². The number of rotatable bonds is 8. The van der Waals surface area contributed by atoms with Gasteiger partial charge in [-0.15, -0.1) is 0 Å². The Balaban J connectivity index is 0.936. The molecule has 304 valence electrons. The third-order valence-electron chi connectivity index (χ3n) is 13.9. The van der Waals surface area contributed by atoms with Gasteiger partial charge >= 0.3 is 0 Å². The molecule has 4 saturated carbocycles. The molecule has 63 heavy (non-hydrogen) atoms. The Bertz CT molecular complexity index is 3790. The van der Waals surface area contributed by atoms with Gasteiger partial charge in [-0.3, -0.25) is 13.7 Å². The molecule has 7 aromatic carbocycles. The molecule has 0 saturated heterocycles. The molecular formula is C58H46N4O. The third-order valence-corrected chi connectivity index (χ3v) is 13.9. The molecule has 0 N–H and O–H groups in total. The quantitative estimate of drug-likeness (QED) is 0.113. The molecule has 14 rings (SSSR count). The summed E-state index contributed by atoms with van der Waals surface area (Å²) in [6, 6.07) is 33.9. The van der Waals surface area contributed by atoms with E-state index in [4.69, 9.17) is 23.4 Å². The van der Waals surface area contributed by atoms with E-state index < -0.39 is 60.4 Å². The van der Waals surface area contributed by atoms with E-state index >= 15 is 0 Å². The van der Waals surface area contributed by atoms with E-state index in [1.165, 1.54) is 44.1 Å². The zero-order valence-corrected chi connectivity index (χ0v) is 34.3. The van der Waals surface area contributed by atoms with Gasteiger partial charge in [-0.2, -0.15) is 0 Å². The molecule has 5 heteroatoms. The fourth-order valence-electron chi connectivity index (χ4n) is 11.8. The summed E-state index contributed by atoms with van der Waals surface area (Å²) >= 11 is 0. The molecule has 4 fully saturated rings. The van der Waals surface area contributed by atoms with E-state index in [2.05, 4.69) is 59.4 Å². The van der Waals surface area contributed by atoms with E-state index in [0.29, 0.717) is 28.2 Å². The maximum absolute atomic E-state index is 9.04. The van der Waals surface area contributed by atoms with Crippen LogP contribution in [0.25, 0.3) is 72.3 Å². The van der Waals surface area contributed by atoms with Crippen molar-refractivity contribution in [3.63, 3.8) is 0 Å². The lowest BCUT2D eigenvalue weighted by Crippen LogP contribution is -2.48. The molecule has 4 bridgehead atoms. The molecule has 0 atom stereocenters. The highest BCUT2D eigenvalue weighted by atomic mass is 16.5. The van der Waals surface area contributed by atoms with Crippen molar-refractivity contribution in [2.45, 2.75) is 43.9 Å². The largest absolute Gasteiger partial charge is 0.458 e. The number of nitrogens with zero attached hydrogens (tertiary/aromatic N) is 4. The van der Waals surface area contributed by atoms with Crippen molar-refractivity contribution >= 4 is 32.8 Å². The lowest BCUT2D eigenvalue weighted by Gasteiger charge is -2.57. The topological polar surface area (TPSA) is 35.9 Å². The Morgan fingerprint density at radius 2 is 1.24 bits per heavy atom. The van der Waals surface area contributed by atoms with E-state index in [1.807, 2.05) is 65.4 Å². The maximum Gasteiger partial charge on any atom is 0.269 e. The van der Waals surface area contributed by atoms with Gasteiger partial charge < -0.3 is 4.74 Å². The van der Waals surface area contributed by atoms with Crippen molar-refractivity contribution in [3.05, 3.63) is 200 Å². The van der Waals surface area contributed by atoms with Crippen molar-refractivity contribution < 1.29 is 23.0 Å². The van der Waals surface area contributed by atoms with E-state index in [-0.39, 0.29) is 33.4 Å². The molecule has 0 radical (unpaired) electrons. The van der Waals surface area contributed by atoms with Crippen LogP contribution in [0.3, 0.4) is 0 Å². The molecule has 4 aliphatic rings. The molecule has 4 aliphatic carbocycles. The second kappa shape index (κ2) is 14.4. The van der Waals surface area contributed by atoms with Crippen LogP contribution in [0.15, 0.2) is 188 Å². The van der Waals surface area contributed by atoms with Gasteiger partial charge in [-0.05, 0) is 138 Å². The number of ether oxygens (including phenoxy) is 1. The average Bonchev–Trinajstić information content (AvgIpc) is 3.94. The first-order valence-corrected chi connectivity index (χ1v) is 21.8. The van der Waals surface area contributed by atoms with Gasteiger partial charge in [-0.1, -0.05) is 127 Å². The number of pyridine rings is 1. The number of benzene rings is 7. The van der Waals surface area contributed by atoms with Gasteiger partial charge in [-0.25, -0.2) is 4.98 Å². The molecule has 0 aliphatic heterocycles. The number of hydrogen-bond acceptors (Lipinski definition) is 2. The number of aromatic nitrogens is 4. The summed E-state index contributed by atoms with van der Waals surface area (Å²) in [5.41, 5.74) is 5.85. The second-order valence-electron chi connectivity index (χ2n) is 17.7. The van der Waals surface area contributed by atoms with Crippen LogP contribution >= 0.6 is 0 Å². The van der Waals surface area contributed by atoms with Gasteiger partial charge in [0, 0.05) is 23.0 Å². The van der Waals surface area contributed by atoms with Crippen LogP contribution < -0.4 is 9.30 Å². The molecular weight excluding hydrogens is 769 g/mol. The minimum absolute atomic E-state index is 0.120. The SMILES string of the molecule is [2H]c1c([2H])c([2H])c(-c2cccc(-c3c([2H])c([2H])c([2H])c([2H])c3[2H])c2-[n+]2[c-]n(-c3cccc(Oc4ccc5c6ccccc6n(-c6cc(C78CC9CC(CC(C9)C7)C8)ccn6)c5c4)c3)c3ccccc32)c([2H])c1[2H]. The Morgan fingerprint density at radius 3 is 1.97 bits per heavy atom. The lowest BCUT2D eigenvalue weighted by atomic mass is 9.48. The molecule has 3 aromatic heterocycles. The molecule has 0 amide bonds. The smallest absolute Gasteiger partial charge is 0.269 e. The van der Waals surface area contributed by atoms with Crippen molar-refractivity contribution in [1.29, 1.82) is 0 Å². The fraction of sp³-hybridized carbons (Fsp3) is 0.172. The summed E-state index contributed by atoms with van der Waals surface area (Å²) in [5.74, 6) is 4.53. The first kappa shape index (κ1) is 27.7. The first-order valence-electron chi connectivity index (χ1n) is 26.8. The van der Waals surface area contributed by atoms with Crippen LogP contribution in [0.2, 0.25) is 0 Å². The van der Waals surface area contributed by atoms with E-state index in [0.717, 1.165) is 45.4 Å². The monoisotopic (exact) mass is 824 g/mol. The summed E-state index contributed by atoms with van der Waals surface area (Å²) in [5, 5.41) is 2.21. The summed E-state index contributed by atoms with van der Waals surface area (Å²) < 4.78 is 99.7. The highest BCUT2D eigenvalue weighted by Crippen LogP contribution is 2.61. The first-order chi connectivity index (χ1) is 35.3. The summed E-state index contributed by atoms with van der Waals surface area (Å²) in [6.45, 7) is 0.